The summed E-state index contributed by atoms with van der Waals surface area (Å²) in [7, 11) is 0. The molecule has 0 radical (unpaired) electrons. The van der Waals surface area contributed by atoms with Gasteiger partial charge >= 0.3 is 0 Å². The summed E-state index contributed by atoms with van der Waals surface area (Å²) in [6, 6.07) is 2.87. The van der Waals surface area contributed by atoms with Crippen LogP contribution in [-0.2, 0) is 5.54 Å². The quantitative estimate of drug-likeness (QED) is 0.834. The van der Waals surface area contributed by atoms with Crippen molar-refractivity contribution in [2.75, 3.05) is 0 Å². The van der Waals surface area contributed by atoms with Crippen LogP contribution in [0.1, 0.15) is 56.6 Å². The third-order valence-corrected chi connectivity index (χ3v) is 3.74. The molecule has 2 N–H and O–H groups in total. The summed E-state index contributed by atoms with van der Waals surface area (Å²) in [5.74, 6) is -0.903. The fourth-order valence-electron chi connectivity index (χ4n) is 2.73. The van der Waals surface area contributed by atoms with Crippen LogP contribution >= 0.6 is 0 Å². The van der Waals surface area contributed by atoms with Crippen LogP contribution in [0, 0.1) is 11.6 Å². The third-order valence-electron chi connectivity index (χ3n) is 3.74. The standard InChI is InChI=1S/C14H19F2N/c1-9(2)10-5-6-11(15)12(13(10)16)14(17)7-3-4-8-14/h5-6,9H,3-4,7-8,17H2,1-2H3. The van der Waals surface area contributed by atoms with E-state index in [4.69, 9.17) is 5.73 Å². The van der Waals surface area contributed by atoms with Crippen LogP contribution in [0.15, 0.2) is 12.1 Å². The van der Waals surface area contributed by atoms with Gasteiger partial charge in [0.1, 0.15) is 11.6 Å². The Morgan fingerprint density at radius 3 is 2.29 bits per heavy atom. The van der Waals surface area contributed by atoms with Crippen molar-refractivity contribution < 1.29 is 8.78 Å². The highest BCUT2D eigenvalue weighted by Gasteiger charge is 2.37. The molecule has 3 heteroatoms. The summed E-state index contributed by atoms with van der Waals surface area (Å²) in [6.07, 6.45) is 3.23. The van der Waals surface area contributed by atoms with Crippen molar-refractivity contribution in [3.05, 3.63) is 34.9 Å². The molecule has 0 aromatic heterocycles. The van der Waals surface area contributed by atoms with Gasteiger partial charge in [-0.25, -0.2) is 8.78 Å². The molecule has 0 spiro atoms. The minimum Gasteiger partial charge on any atom is -0.321 e. The SMILES string of the molecule is CC(C)c1ccc(F)c(C2(N)CCCC2)c1F. The Morgan fingerprint density at radius 1 is 1.18 bits per heavy atom. The summed E-state index contributed by atoms with van der Waals surface area (Å²) in [5, 5.41) is 0. The maximum atomic E-state index is 14.4. The van der Waals surface area contributed by atoms with Crippen LogP contribution in [-0.4, -0.2) is 0 Å². The first-order valence-corrected chi connectivity index (χ1v) is 6.23. The minimum atomic E-state index is -0.806. The van der Waals surface area contributed by atoms with Crippen LogP contribution in [0.5, 0.6) is 0 Å². The van der Waals surface area contributed by atoms with Gasteiger partial charge in [0.2, 0.25) is 0 Å². The highest BCUT2D eigenvalue weighted by molar-refractivity contribution is 5.35. The lowest BCUT2D eigenvalue weighted by molar-refractivity contribution is 0.401. The third kappa shape index (κ3) is 2.08. The Labute approximate surface area is 101 Å². The summed E-state index contributed by atoms with van der Waals surface area (Å²) in [5.41, 5.74) is 6.02. The molecule has 0 heterocycles. The van der Waals surface area contributed by atoms with E-state index in [1.54, 1.807) is 0 Å². The van der Waals surface area contributed by atoms with Gasteiger partial charge in [-0.2, -0.15) is 0 Å². The second-order valence-corrected chi connectivity index (χ2v) is 5.34. The molecule has 0 unspecified atom stereocenters. The summed E-state index contributed by atoms with van der Waals surface area (Å²) in [4.78, 5) is 0. The number of hydrogen-bond donors (Lipinski definition) is 1. The smallest absolute Gasteiger partial charge is 0.134 e. The zero-order valence-corrected chi connectivity index (χ0v) is 10.4. The average molecular weight is 239 g/mol. The largest absolute Gasteiger partial charge is 0.321 e. The molecular weight excluding hydrogens is 220 g/mol. The van der Waals surface area contributed by atoms with Gasteiger partial charge in [0.15, 0.2) is 0 Å². The molecule has 0 amide bonds. The van der Waals surface area contributed by atoms with Crippen molar-refractivity contribution in [2.45, 2.75) is 51.0 Å². The van der Waals surface area contributed by atoms with Gasteiger partial charge in [0, 0.05) is 11.1 Å². The molecule has 0 atom stereocenters. The number of rotatable bonds is 2. The number of nitrogens with two attached hydrogens (primary N) is 1. The van der Waals surface area contributed by atoms with Crippen molar-refractivity contribution in [1.82, 2.24) is 0 Å². The lowest BCUT2D eigenvalue weighted by Gasteiger charge is -2.26. The van der Waals surface area contributed by atoms with Gasteiger partial charge in [0.25, 0.3) is 0 Å². The molecule has 2 rings (SSSR count). The summed E-state index contributed by atoms with van der Waals surface area (Å²) < 4.78 is 28.2. The van der Waals surface area contributed by atoms with E-state index >= 15 is 0 Å². The molecule has 0 saturated heterocycles. The van der Waals surface area contributed by atoms with Crippen LogP contribution in [0.3, 0.4) is 0 Å². The summed E-state index contributed by atoms with van der Waals surface area (Å²) in [6.45, 7) is 3.80. The van der Waals surface area contributed by atoms with E-state index in [1.807, 2.05) is 13.8 Å². The monoisotopic (exact) mass is 239 g/mol. The van der Waals surface area contributed by atoms with Crippen molar-refractivity contribution >= 4 is 0 Å². The van der Waals surface area contributed by atoms with E-state index in [1.165, 1.54) is 12.1 Å². The van der Waals surface area contributed by atoms with E-state index in [0.717, 1.165) is 12.8 Å². The molecule has 1 aliphatic rings. The van der Waals surface area contributed by atoms with E-state index in [-0.39, 0.29) is 11.5 Å². The van der Waals surface area contributed by atoms with Gasteiger partial charge in [-0.1, -0.05) is 32.8 Å². The number of hydrogen-bond acceptors (Lipinski definition) is 1. The molecule has 1 aromatic rings. The van der Waals surface area contributed by atoms with Gasteiger partial charge in [-0.3, -0.25) is 0 Å². The molecule has 0 aliphatic heterocycles. The van der Waals surface area contributed by atoms with E-state index in [9.17, 15) is 8.78 Å². The summed E-state index contributed by atoms with van der Waals surface area (Å²) >= 11 is 0. The molecule has 1 aliphatic carbocycles. The van der Waals surface area contributed by atoms with E-state index in [2.05, 4.69) is 0 Å². The number of halogens is 2. The molecular formula is C14H19F2N. The molecule has 1 fully saturated rings. The van der Waals surface area contributed by atoms with Crippen molar-refractivity contribution in [1.29, 1.82) is 0 Å². The highest BCUT2D eigenvalue weighted by atomic mass is 19.1. The first-order chi connectivity index (χ1) is 7.96. The first-order valence-electron chi connectivity index (χ1n) is 6.23. The van der Waals surface area contributed by atoms with Crippen molar-refractivity contribution in [3.63, 3.8) is 0 Å². The fraction of sp³-hybridized carbons (Fsp3) is 0.571. The highest BCUT2D eigenvalue weighted by Crippen LogP contribution is 2.40. The van der Waals surface area contributed by atoms with Crippen LogP contribution in [0.4, 0.5) is 8.78 Å². The van der Waals surface area contributed by atoms with Crippen molar-refractivity contribution in [2.24, 2.45) is 5.73 Å². The topological polar surface area (TPSA) is 26.0 Å². The molecule has 94 valence electrons. The van der Waals surface area contributed by atoms with E-state index in [0.29, 0.717) is 18.4 Å². The second kappa shape index (κ2) is 4.37. The van der Waals surface area contributed by atoms with Gasteiger partial charge in [0.05, 0.1) is 0 Å². The molecule has 17 heavy (non-hydrogen) atoms. The predicted octanol–water partition coefficient (Wildman–Crippen LogP) is 3.82. The van der Waals surface area contributed by atoms with Gasteiger partial charge in [-0.15, -0.1) is 0 Å². The zero-order chi connectivity index (χ0) is 12.6. The normalized spacial score (nSPS) is 18.9. The molecule has 1 saturated carbocycles. The Morgan fingerprint density at radius 2 is 1.76 bits per heavy atom. The first kappa shape index (κ1) is 12.5. The van der Waals surface area contributed by atoms with Crippen LogP contribution in [0.25, 0.3) is 0 Å². The van der Waals surface area contributed by atoms with E-state index < -0.39 is 17.2 Å². The van der Waals surface area contributed by atoms with Gasteiger partial charge in [-0.05, 0) is 30.4 Å². The average Bonchev–Trinajstić information content (AvgIpc) is 2.65. The maximum Gasteiger partial charge on any atom is 0.134 e. The lowest BCUT2D eigenvalue weighted by atomic mass is 9.85. The Hall–Kier alpha value is -0.960. The Balaban J connectivity index is 2.56. The predicted molar refractivity (Wildman–Crippen MR) is 64.8 cm³/mol. The lowest BCUT2D eigenvalue weighted by Crippen LogP contribution is -2.35. The Bertz CT molecular complexity index is 420. The fourth-order valence-corrected chi connectivity index (χ4v) is 2.73. The molecule has 1 aromatic carbocycles. The van der Waals surface area contributed by atoms with Gasteiger partial charge < -0.3 is 5.73 Å². The van der Waals surface area contributed by atoms with Crippen LogP contribution < -0.4 is 5.73 Å². The zero-order valence-electron chi connectivity index (χ0n) is 10.4. The van der Waals surface area contributed by atoms with Crippen LogP contribution in [0.2, 0.25) is 0 Å². The van der Waals surface area contributed by atoms with Crippen molar-refractivity contribution in [3.8, 4) is 0 Å². The minimum absolute atomic E-state index is 0.0411. The molecule has 1 nitrogen and oxygen atoms in total. The number of benzene rings is 1. The molecule has 0 bridgehead atoms. The maximum absolute atomic E-state index is 14.4. The second-order valence-electron chi connectivity index (χ2n) is 5.34. The Kier molecular flexibility index (Phi) is 3.21.